The molecule has 1 aliphatic rings. The summed E-state index contributed by atoms with van der Waals surface area (Å²) in [5.41, 5.74) is 2.16. The fourth-order valence-corrected chi connectivity index (χ4v) is 4.35. The molecule has 2 aromatic carbocycles. The van der Waals surface area contributed by atoms with E-state index in [1.807, 2.05) is 41.6 Å². The van der Waals surface area contributed by atoms with Gasteiger partial charge >= 0.3 is 12.0 Å². The number of rotatable bonds is 11. The first kappa shape index (κ1) is 28.0. The Morgan fingerprint density at radius 1 is 1.08 bits per heavy atom. The third-order valence-electron chi connectivity index (χ3n) is 5.22. The number of aryl methyl sites for hydroxylation is 1. The van der Waals surface area contributed by atoms with Crippen LogP contribution in [0.4, 0.5) is 10.5 Å². The molecule has 1 fully saturated rings. The first-order chi connectivity index (χ1) is 17.8. The molecule has 0 radical (unpaired) electrons. The fourth-order valence-electron chi connectivity index (χ4n) is 3.57. The van der Waals surface area contributed by atoms with E-state index in [0.717, 1.165) is 16.9 Å². The Labute approximate surface area is 228 Å². The number of anilines is 1. The van der Waals surface area contributed by atoms with Crippen molar-refractivity contribution in [2.75, 3.05) is 31.7 Å². The van der Waals surface area contributed by atoms with E-state index in [1.54, 1.807) is 38.1 Å². The summed E-state index contributed by atoms with van der Waals surface area (Å²) in [5.74, 6) is -0.881. The standard InChI is InChI=1S/C26H28IN3O7/c1-4-17-9-7-8-10-19(17)28-22(31)14-30-25(33)20(29-26(30)34)12-16-11-18(27)24(21(13-16)35-5-2)37-15-23(32)36-6-3/h7-13H,4-6,14-15H2,1-3H3,(H,28,31)(H,29,34)/b20-12+. The second-order valence-electron chi connectivity index (χ2n) is 7.80. The average Bonchev–Trinajstić information content (AvgIpc) is 3.11. The topological polar surface area (TPSA) is 123 Å². The van der Waals surface area contributed by atoms with Crippen molar-refractivity contribution >= 4 is 58.2 Å². The quantitative estimate of drug-likeness (QED) is 0.170. The number of hydrogen-bond donors (Lipinski definition) is 2. The summed E-state index contributed by atoms with van der Waals surface area (Å²) >= 11 is 2.03. The Bertz CT molecular complexity index is 1230. The van der Waals surface area contributed by atoms with Crippen LogP contribution in [0.3, 0.4) is 0 Å². The molecule has 0 atom stereocenters. The minimum atomic E-state index is -0.690. The van der Waals surface area contributed by atoms with E-state index in [4.69, 9.17) is 14.2 Å². The lowest BCUT2D eigenvalue weighted by molar-refractivity contribution is -0.145. The lowest BCUT2D eigenvalue weighted by Gasteiger charge is -2.14. The predicted octanol–water partition coefficient (Wildman–Crippen LogP) is 3.73. The Balaban J connectivity index is 1.75. The van der Waals surface area contributed by atoms with Crippen LogP contribution in [-0.4, -0.2) is 55.1 Å². The Morgan fingerprint density at radius 3 is 2.54 bits per heavy atom. The summed E-state index contributed by atoms with van der Waals surface area (Å²) in [6.07, 6.45) is 2.21. The maximum atomic E-state index is 12.9. The summed E-state index contributed by atoms with van der Waals surface area (Å²) in [6, 6.07) is 10.0. The Morgan fingerprint density at radius 2 is 1.84 bits per heavy atom. The number of para-hydroxylation sites is 1. The van der Waals surface area contributed by atoms with E-state index in [9.17, 15) is 19.2 Å². The Hall–Kier alpha value is -3.61. The minimum absolute atomic E-state index is 0.0187. The van der Waals surface area contributed by atoms with Gasteiger partial charge in [-0.05, 0) is 78.3 Å². The van der Waals surface area contributed by atoms with Crippen LogP contribution in [0.5, 0.6) is 11.5 Å². The van der Waals surface area contributed by atoms with Gasteiger partial charge in [0.2, 0.25) is 5.91 Å². The van der Waals surface area contributed by atoms with Gasteiger partial charge in [-0.25, -0.2) is 14.5 Å². The van der Waals surface area contributed by atoms with Gasteiger partial charge in [0.1, 0.15) is 12.2 Å². The second-order valence-corrected chi connectivity index (χ2v) is 8.96. The molecule has 196 valence electrons. The zero-order chi connectivity index (χ0) is 26.9. The number of urea groups is 1. The van der Waals surface area contributed by atoms with Gasteiger partial charge in [-0.2, -0.15) is 0 Å². The largest absolute Gasteiger partial charge is 0.490 e. The van der Waals surface area contributed by atoms with Crippen LogP contribution in [0.2, 0.25) is 0 Å². The van der Waals surface area contributed by atoms with E-state index in [2.05, 4.69) is 10.6 Å². The molecule has 0 spiro atoms. The lowest BCUT2D eigenvalue weighted by atomic mass is 10.1. The molecule has 0 aromatic heterocycles. The van der Waals surface area contributed by atoms with Gasteiger partial charge in [-0.3, -0.25) is 9.59 Å². The highest BCUT2D eigenvalue weighted by molar-refractivity contribution is 14.1. The molecule has 1 aliphatic heterocycles. The van der Waals surface area contributed by atoms with Crippen LogP contribution < -0.4 is 20.1 Å². The minimum Gasteiger partial charge on any atom is -0.490 e. The average molecular weight is 621 g/mol. The molecule has 0 aliphatic carbocycles. The number of halogens is 1. The number of hydrogen-bond acceptors (Lipinski definition) is 7. The maximum absolute atomic E-state index is 12.9. The van der Waals surface area contributed by atoms with Gasteiger partial charge in [0.25, 0.3) is 5.91 Å². The first-order valence-electron chi connectivity index (χ1n) is 11.7. The molecule has 0 bridgehead atoms. The van der Waals surface area contributed by atoms with Crippen LogP contribution in [-0.2, 0) is 25.5 Å². The smallest absolute Gasteiger partial charge is 0.344 e. The van der Waals surface area contributed by atoms with Crippen LogP contribution in [0, 0.1) is 3.57 Å². The highest BCUT2D eigenvalue weighted by atomic mass is 127. The molecule has 1 heterocycles. The number of imide groups is 1. The van der Waals surface area contributed by atoms with Crippen molar-refractivity contribution in [1.82, 2.24) is 10.2 Å². The molecule has 37 heavy (non-hydrogen) atoms. The summed E-state index contributed by atoms with van der Waals surface area (Å²) in [5, 5.41) is 5.28. The summed E-state index contributed by atoms with van der Waals surface area (Å²) in [6.45, 7) is 5.35. The molecular formula is C26H28IN3O7. The van der Waals surface area contributed by atoms with E-state index in [0.29, 0.717) is 32.9 Å². The van der Waals surface area contributed by atoms with Crippen molar-refractivity contribution in [3.05, 3.63) is 56.8 Å². The summed E-state index contributed by atoms with van der Waals surface area (Å²) < 4.78 is 16.8. The van der Waals surface area contributed by atoms with E-state index in [-0.39, 0.29) is 18.9 Å². The first-order valence-corrected chi connectivity index (χ1v) is 12.8. The van der Waals surface area contributed by atoms with E-state index < -0.39 is 30.4 Å². The molecule has 2 N–H and O–H groups in total. The van der Waals surface area contributed by atoms with E-state index in [1.165, 1.54) is 6.08 Å². The number of esters is 1. The molecule has 4 amide bonds. The van der Waals surface area contributed by atoms with Crippen molar-refractivity contribution in [2.24, 2.45) is 0 Å². The van der Waals surface area contributed by atoms with Gasteiger partial charge in [0.15, 0.2) is 18.1 Å². The molecule has 10 nitrogen and oxygen atoms in total. The Kier molecular flexibility index (Phi) is 9.89. The van der Waals surface area contributed by atoms with Gasteiger partial charge in [0, 0.05) is 5.69 Å². The van der Waals surface area contributed by atoms with Crippen LogP contribution in [0.15, 0.2) is 42.1 Å². The molecule has 0 unspecified atom stereocenters. The van der Waals surface area contributed by atoms with Gasteiger partial charge in [0.05, 0.1) is 16.8 Å². The maximum Gasteiger partial charge on any atom is 0.344 e. The fraction of sp³-hybridized carbons (Fsp3) is 0.308. The number of amides is 4. The van der Waals surface area contributed by atoms with Gasteiger partial charge < -0.3 is 24.8 Å². The summed E-state index contributed by atoms with van der Waals surface area (Å²) in [7, 11) is 0. The molecular weight excluding hydrogens is 593 g/mol. The van der Waals surface area contributed by atoms with Gasteiger partial charge in [-0.1, -0.05) is 25.1 Å². The number of nitrogens with zero attached hydrogens (tertiary/aromatic N) is 1. The lowest BCUT2D eigenvalue weighted by Crippen LogP contribution is -2.38. The summed E-state index contributed by atoms with van der Waals surface area (Å²) in [4.78, 5) is 50.5. The van der Waals surface area contributed by atoms with Crippen LogP contribution >= 0.6 is 22.6 Å². The van der Waals surface area contributed by atoms with Crippen molar-refractivity contribution in [3.63, 3.8) is 0 Å². The normalized spacial score (nSPS) is 13.9. The van der Waals surface area contributed by atoms with Crippen molar-refractivity contribution in [1.29, 1.82) is 0 Å². The third kappa shape index (κ3) is 7.21. The van der Waals surface area contributed by atoms with Crippen molar-refractivity contribution in [2.45, 2.75) is 27.2 Å². The second kappa shape index (κ2) is 13.1. The SMILES string of the molecule is CCOC(=O)COc1c(I)cc(/C=C2/NC(=O)N(CC(=O)Nc3ccccc3CC)C2=O)cc1OCC. The molecule has 11 heteroatoms. The molecule has 3 rings (SSSR count). The number of nitrogens with one attached hydrogen (secondary N) is 2. The highest BCUT2D eigenvalue weighted by Gasteiger charge is 2.35. The van der Waals surface area contributed by atoms with Gasteiger partial charge in [-0.15, -0.1) is 0 Å². The monoisotopic (exact) mass is 621 g/mol. The number of carbonyl (C=O) groups is 4. The van der Waals surface area contributed by atoms with Crippen LogP contribution in [0.1, 0.15) is 31.9 Å². The number of carbonyl (C=O) groups excluding carboxylic acids is 4. The molecule has 1 saturated heterocycles. The van der Waals surface area contributed by atoms with Crippen LogP contribution in [0.25, 0.3) is 6.08 Å². The third-order valence-corrected chi connectivity index (χ3v) is 6.02. The molecule has 0 saturated carbocycles. The predicted molar refractivity (Wildman–Crippen MR) is 145 cm³/mol. The van der Waals surface area contributed by atoms with Crippen molar-refractivity contribution in [3.8, 4) is 11.5 Å². The number of ether oxygens (including phenoxy) is 3. The molecule has 2 aromatic rings. The van der Waals surface area contributed by atoms with E-state index >= 15 is 0 Å². The van der Waals surface area contributed by atoms with Crippen molar-refractivity contribution < 1.29 is 33.4 Å². The zero-order valence-electron chi connectivity index (χ0n) is 20.8. The zero-order valence-corrected chi connectivity index (χ0v) is 22.9. The number of benzene rings is 2. The highest BCUT2D eigenvalue weighted by Crippen LogP contribution is 2.35.